The molecule has 1 fully saturated rings. The molecule has 2 unspecified atom stereocenters. The first kappa shape index (κ1) is 20.2. The van der Waals surface area contributed by atoms with Crippen molar-refractivity contribution < 1.29 is 24.4 Å². The minimum Gasteiger partial charge on any atom is -0.550 e. The van der Waals surface area contributed by atoms with Gasteiger partial charge in [-0.05, 0) is 48.9 Å². The van der Waals surface area contributed by atoms with Crippen molar-refractivity contribution in [2.24, 2.45) is 0 Å². The summed E-state index contributed by atoms with van der Waals surface area (Å²) in [5, 5.41) is 22.8. The van der Waals surface area contributed by atoms with Crippen LogP contribution in [0, 0.1) is 13.8 Å². The van der Waals surface area contributed by atoms with Crippen LogP contribution in [0.5, 0.6) is 0 Å². The van der Waals surface area contributed by atoms with Crippen molar-refractivity contribution in [3.05, 3.63) is 57.6 Å². The molecule has 3 aromatic rings. The number of hydrogen-bond donors (Lipinski definition) is 1. The second kappa shape index (κ2) is 7.19. The van der Waals surface area contributed by atoms with Crippen molar-refractivity contribution in [3.8, 4) is 0 Å². The first-order chi connectivity index (χ1) is 14.8. The predicted molar refractivity (Wildman–Crippen MR) is 119 cm³/mol. The number of nitrogens with zero attached hydrogens (tertiary/aromatic N) is 2. The van der Waals surface area contributed by atoms with Gasteiger partial charge in [-0.15, -0.1) is 0 Å². The molecule has 0 saturated carbocycles. The number of rotatable bonds is 5. The third-order valence-electron chi connectivity index (χ3n) is 5.97. The summed E-state index contributed by atoms with van der Waals surface area (Å²) < 4.78 is 3.42. The fourth-order valence-electron chi connectivity index (χ4n) is 4.34. The molecule has 8 heteroatoms. The van der Waals surface area contributed by atoms with Crippen LogP contribution in [0.1, 0.15) is 22.6 Å². The second-order valence-electron chi connectivity index (χ2n) is 8.15. The summed E-state index contributed by atoms with van der Waals surface area (Å²) in [6.45, 7) is 4.87. The molecule has 2 aromatic carbocycles. The van der Waals surface area contributed by atoms with E-state index in [2.05, 4.69) is 30.3 Å². The van der Waals surface area contributed by atoms with Gasteiger partial charge in [-0.3, -0.25) is 0 Å². The van der Waals surface area contributed by atoms with Gasteiger partial charge in [0.1, 0.15) is 4.70 Å². The van der Waals surface area contributed by atoms with Gasteiger partial charge in [-0.2, -0.15) is 4.57 Å². The molecule has 0 aliphatic carbocycles. The van der Waals surface area contributed by atoms with Crippen LogP contribution < -0.4 is 14.2 Å². The average molecular weight is 454 g/mol. The molecule has 2 aliphatic rings. The van der Waals surface area contributed by atoms with Crippen molar-refractivity contribution in [3.63, 3.8) is 0 Å². The van der Waals surface area contributed by atoms with E-state index in [-0.39, 0.29) is 6.42 Å². The highest BCUT2D eigenvalue weighted by Gasteiger charge is 2.68. The zero-order valence-electron chi connectivity index (χ0n) is 17.1. The number of carboxylic acid groups (broad SMARTS) is 2. The fraction of sp³-hybridized carbons (Fsp3) is 0.261. The summed E-state index contributed by atoms with van der Waals surface area (Å²) in [6.07, 6.45) is 1.98. The number of thioether (sulfide) groups is 1. The number of aliphatic carboxylic acids is 2. The molecule has 158 valence electrons. The molecule has 1 N–H and O–H groups in total. The molecule has 6 nitrogen and oxygen atoms in total. The number of carbonyl (C=O) groups is 2. The maximum atomic E-state index is 11.9. The van der Waals surface area contributed by atoms with Crippen LogP contribution >= 0.6 is 23.1 Å². The van der Waals surface area contributed by atoms with Crippen LogP contribution in [0.25, 0.3) is 16.3 Å². The Kier molecular flexibility index (Phi) is 4.69. The van der Waals surface area contributed by atoms with E-state index in [0.29, 0.717) is 17.6 Å². The number of thiazole rings is 1. The van der Waals surface area contributed by atoms with Gasteiger partial charge >= 0.3 is 5.97 Å². The summed E-state index contributed by atoms with van der Waals surface area (Å²) in [4.78, 5) is 24.1. The number of fused-ring (bicyclic) bond motifs is 3. The first-order valence-corrected chi connectivity index (χ1v) is 11.7. The summed E-state index contributed by atoms with van der Waals surface area (Å²) in [5.74, 6) is -1.88. The van der Waals surface area contributed by atoms with E-state index < -0.39 is 18.0 Å². The maximum Gasteiger partial charge on any atom is 0.369 e. The fourth-order valence-corrected chi connectivity index (χ4v) is 6.84. The molecule has 0 radical (unpaired) electrons. The van der Waals surface area contributed by atoms with E-state index in [1.807, 2.05) is 30.5 Å². The Morgan fingerprint density at radius 1 is 1.23 bits per heavy atom. The lowest BCUT2D eigenvalue weighted by Gasteiger charge is -2.13. The monoisotopic (exact) mass is 453 g/mol. The zero-order chi connectivity index (χ0) is 21.9. The topological polar surface area (TPSA) is 81.3 Å². The largest absolute Gasteiger partial charge is 0.550 e. The lowest BCUT2D eigenvalue weighted by Crippen LogP contribution is -2.39. The third kappa shape index (κ3) is 3.26. The van der Waals surface area contributed by atoms with Crippen LogP contribution in [-0.2, 0) is 16.1 Å². The Labute approximate surface area is 187 Å². The van der Waals surface area contributed by atoms with Gasteiger partial charge in [-0.25, -0.2) is 9.28 Å². The van der Waals surface area contributed by atoms with Crippen molar-refractivity contribution >= 4 is 57.0 Å². The van der Waals surface area contributed by atoms with E-state index >= 15 is 0 Å². The first-order valence-electron chi connectivity index (χ1n) is 10.0. The molecule has 5 rings (SSSR count). The van der Waals surface area contributed by atoms with Gasteiger partial charge in [0.15, 0.2) is 23.8 Å². The number of carbonyl (C=O) groups excluding carboxylic acids is 1. The summed E-state index contributed by atoms with van der Waals surface area (Å²) in [5.41, 5.74) is 4.24. The molecule has 0 amide bonds. The van der Waals surface area contributed by atoms with E-state index in [1.54, 1.807) is 23.1 Å². The molecule has 1 spiro atoms. The Balaban J connectivity index is 1.66. The highest BCUT2D eigenvalue weighted by molar-refractivity contribution is 8.03. The number of carboxylic acids is 2. The molecule has 3 heterocycles. The van der Waals surface area contributed by atoms with Crippen molar-refractivity contribution in [1.29, 1.82) is 0 Å². The van der Waals surface area contributed by atoms with Crippen molar-refractivity contribution in [1.82, 2.24) is 4.48 Å². The summed E-state index contributed by atoms with van der Waals surface area (Å²) >= 11 is 3.20. The molecule has 0 bridgehead atoms. The quantitative estimate of drug-likeness (QED) is 0.365. The lowest BCUT2D eigenvalue weighted by atomic mass is 10.2. The van der Waals surface area contributed by atoms with Gasteiger partial charge < -0.3 is 15.0 Å². The van der Waals surface area contributed by atoms with E-state index in [0.717, 1.165) is 42.0 Å². The number of aryl methyl sites for hydroxylation is 3. The minimum absolute atomic E-state index is 0.0784. The van der Waals surface area contributed by atoms with E-state index in [4.69, 9.17) is 0 Å². The highest BCUT2D eigenvalue weighted by atomic mass is 32.2. The van der Waals surface area contributed by atoms with Gasteiger partial charge in [0, 0.05) is 24.5 Å². The Hall–Kier alpha value is -2.68. The van der Waals surface area contributed by atoms with E-state index in [1.165, 1.54) is 0 Å². The van der Waals surface area contributed by atoms with Crippen LogP contribution in [-0.4, -0.2) is 29.6 Å². The van der Waals surface area contributed by atoms with Crippen LogP contribution in [0.3, 0.4) is 0 Å². The molecular weight excluding hydrogens is 432 g/mol. The molecular formula is C23H21N2O4S2+. The number of hydrogen-bond acceptors (Lipinski definition) is 5. The third-order valence-corrected chi connectivity index (χ3v) is 8.30. The SMILES string of the molecule is Cc1ccc2c(c1)[N+]1(CC1C(=O)O)C(=Cc1sc3ccc(C)cc3[n+]1CCC(=O)[O-])S2. The minimum atomic E-state index is -1.09. The normalized spacial score (nSPS) is 22.9. The van der Waals surface area contributed by atoms with Crippen LogP contribution in [0.2, 0.25) is 0 Å². The van der Waals surface area contributed by atoms with Gasteiger partial charge in [0.25, 0.3) is 5.01 Å². The van der Waals surface area contributed by atoms with Gasteiger partial charge in [0.05, 0.1) is 11.0 Å². The standard InChI is InChI=1S/C23H20N2O4S2/c1-13-3-5-18-15(9-13)24(8-7-22(26)27)20(30-18)11-21-25(12-17(25)23(28)29)16-10-14(2)4-6-19(16)31-21/h3-6,9-11,17H,7-8,12H2,1-2H3/p+1. The average Bonchev–Trinajstić information content (AvgIpc) is 3.29. The number of aromatic nitrogens is 1. The number of quaternary nitrogens is 1. The van der Waals surface area contributed by atoms with Crippen LogP contribution in [0.4, 0.5) is 5.69 Å². The van der Waals surface area contributed by atoms with Crippen LogP contribution in [0.15, 0.2) is 46.3 Å². The maximum absolute atomic E-state index is 11.9. The molecule has 31 heavy (non-hydrogen) atoms. The molecule has 2 atom stereocenters. The van der Waals surface area contributed by atoms with Gasteiger partial charge in [0.2, 0.25) is 11.6 Å². The summed E-state index contributed by atoms with van der Waals surface area (Å²) in [6, 6.07) is 11.9. The zero-order valence-corrected chi connectivity index (χ0v) is 18.8. The molecule has 2 aliphatic heterocycles. The lowest BCUT2D eigenvalue weighted by molar-refractivity contribution is -0.668. The Morgan fingerprint density at radius 3 is 2.68 bits per heavy atom. The number of benzene rings is 2. The highest BCUT2D eigenvalue weighted by Crippen LogP contribution is 2.59. The Bertz CT molecular complexity index is 1300. The predicted octanol–water partition coefficient (Wildman–Crippen LogP) is 2.82. The Morgan fingerprint density at radius 2 is 1.97 bits per heavy atom. The van der Waals surface area contributed by atoms with Crippen molar-refractivity contribution in [2.45, 2.75) is 37.8 Å². The molecule has 1 aromatic heterocycles. The summed E-state index contributed by atoms with van der Waals surface area (Å²) in [7, 11) is 0. The molecule has 1 saturated heterocycles. The van der Waals surface area contributed by atoms with Gasteiger partial charge in [-0.1, -0.05) is 23.5 Å². The smallest absolute Gasteiger partial charge is 0.369 e. The second-order valence-corrected chi connectivity index (χ2v) is 10.3. The van der Waals surface area contributed by atoms with E-state index in [9.17, 15) is 19.8 Å². The van der Waals surface area contributed by atoms with Crippen molar-refractivity contribution in [2.75, 3.05) is 6.54 Å².